The number of benzene rings is 1. The standard InChI is InChI=1S/C29H43ClN5O2P/c1-6-8-9-10-13-16-31-25-19-27(37-3)26(17-21(25)7-2)34-29-32-20-24(30)28(35-29)33-22-14-11-12-15-23(18-22)38(4,5)36/h11-12,14-15,17,19-20,22-23,31H,6-10,13,16,18H2,1-5H3,(H2,32,33,34,35). The Balaban J connectivity index is 1.74. The van der Waals surface area contributed by atoms with Gasteiger partial charge in [0.1, 0.15) is 10.8 Å². The molecule has 2 aromatic rings. The van der Waals surface area contributed by atoms with E-state index in [1.807, 2.05) is 43.7 Å². The van der Waals surface area contributed by atoms with Crippen LogP contribution in [0.25, 0.3) is 0 Å². The molecule has 38 heavy (non-hydrogen) atoms. The van der Waals surface area contributed by atoms with Crippen molar-refractivity contribution in [2.75, 3.05) is 42.9 Å². The molecule has 1 aromatic heterocycles. The van der Waals surface area contributed by atoms with E-state index < -0.39 is 7.14 Å². The molecule has 9 heteroatoms. The highest BCUT2D eigenvalue weighted by molar-refractivity contribution is 7.63. The summed E-state index contributed by atoms with van der Waals surface area (Å²) >= 11 is 6.46. The zero-order valence-electron chi connectivity index (χ0n) is 23.4. The van der Waals surface area contributed by atoms with E-state index in [1.165, 1.54) is 31.2 Å². The molecule has 1 aliphatic rings. The number of hydrogen-bond donors (Lipinski definition) is 3. The van der Waals surface area contributed by atoms with Gasteiger partial charge in [-0.05, 0) is 44.2 Å². The number of anilines is 4. The molecule has 2 unspecified atom stereocenters. The molecule has 0 aliphatic heterocycles. The number of methoxy groups -OCH3 is 1. The summed E-state index contributed by atoms with van der Waals surface area (Å²) in [5.74, 6) is 1.65. The second kappa shape index (κ2) is 14.6. The van der Waals surface area contributed by atoms with E-state index >= 15 is 0 Å². The molecule has 7 nitrogen and oxygen atoms in total. The molecule has 0 amide bonds. The van der Waals surface area contributed by atoms with Crippen molar-refractivity contribution in [2.45, 2.75) is 70.5 Å². The van der Waals surface area contributed by atoms with Crippen LogP contribution in [0.5, 0.6) is 5.75 Å². The van der Waals surface area contributed by atoms with E-state index in [-0.39, 0.29) is 11.7 Å². The highest BCUT2D eigenvalue weighted by Crippen LogP contribution is 2.46. The number of halogens is 1. The Labute approximate surface area is 233 Å². The Morgan fingerprint density at radius 3 is 2.55 bits per heavy atom. The first-order valence-electron chi connectivity index (χ1n) is 13.7. The fourth-order valence-electron chi connectivity index (χ4n) is 4.50. The predicted octanol–water partition coefficient (Wildman–Crippen LogP) is 8.11. The van der Waals surface area contributed by atoms with Crippen LogP contribution in [0.3, 0.4) is 0 Å². The van der Waals surface area contributed by atoms with Crippen molar-refractivity contribution in [1.29, 1.82) is 0 Å². The number of unbranched alkanes of at least 4 members (excludes halogenated alkanes) is 4. The summed E-state index contributed by atoms with van der Waals surface area (Å²) in [5.41, 5.74) is 3.08. The van der Waals surface area contributed by atoms with Crippen LogP contribution in [-0.4, -0.2) is 48.7 Å². The van der Waals surface area contributed by atoms with E-state index in [0.717, 1.165) is 30.8 Å². The molecule has 3 N–H and O–H groups in total. The van der Waals surface area contributed by atoms with Gasteiger partial charge in [0.25, 0.3) is 0 Å². The lowest BCUT2D eigenvalue weighted by Crippen LogP contribution is -2.23. The first-order chi connectivity index (χ1) is 18.2. The Bertz CT molecular complexity index is 1160. The molecular formula is C29H43ClN5O2P. The lowest BCUT2D eigenvalue weighted by atomic mass is 10.1. The third-order valence-electron chi connectivity index (χ3n) is 6.80. The van der Waals surface area contributed by atoms with E-state index in [9.17, 15) is 4.57 Å². The van der Waals surface area contributed by atoms with Crippen LogP contribution in [0.4, 0.5) is 23.1 Å². The van der Waals surface area contributed by atoms with Crippen molar-refractivity contribution >= 4 is 41.9 Å². The zero-order chi connectivity index (χ0) is 27.5. The Kier molecular flexibility index (Phi) is 11.5. The first kappa shape index (κ1) is 30.0. The second-order valence-electron chi connectivity index (χ2n) is 10.2. The van der Waals surface area contributed by atoms with Crippen LogP contribution in [-0.2, 0) is 11.0 Å². The van der Waals surface area contributed by atoms with Gasteiger partial charge in [-0.15, -0.1) is 0 Å². The van der Waals surface area contributed by atoms with Gasteiger partial charge in [-0.25, -0.2) is 4.98 Å². The number of aryl methyl sites for hydroxylation is 1. The van der Waals surface area contributed by atoms with Gasteiger partial charge in [0.2, 0.25) is 5.95 Å². The maximum absolute atomic E-state index is 12.7. The topological polar surface area (TPSA) is 88.2 Å². The van der Waals surface area contributed by atoms with Crippen molar-refractivity contribution < 1.29 is 9.30 Å². The summed E-state index contributed by atoms with van der Waals surface area (Å²) in [6, 6.07) is 4.07. The van der Waals surface area contributed by atoms with Gasteiger partial charge in [0.15, 0.2) is 5.82 Å². The number of nitrogens with zero attached hydrogens (tertiary/aromatic N) is 2. The molecule has 0 saturated heterocycles. The van der Waals surface area contributed by atoms with Crippen molar-refractivity contribution in [2.24, 2.45) is 0 Å². The maximum Gasteiger partial charge on any atom is 0.229 e. The summed E-state index contributed by atoms with van der Waals surface area (Å²) in [5, 5.41) is 10.7. The summed E-state index contributed by atoms with van der Waals surface area (Å²) < 4.78 is 18.4. The van der Waals surface area contributed by atoms with Crippen LogP contribution in [0, 0.1) is 0 Å². The summed E-state index contributed by atoms with van der Waals surface area (Å²) in [4.78, 5) is 9.06. The minimum absolute atomic E-state index is 0.00611. The highest BCUT2D eigenvalue weighted by atomic mass is 35.5. The molecule has 0 bridgehead atoms. The smallest absolute Gasteiger partial charge is 0.229 e. The van der Waals surface area contributed by atoms with Gasteiger partial charge >= 0.3 is 0 Å². The molecule has 0 saturated carbocycles. The minimum Gasteiger partial charge on any atom is -0.494 e. The lowest BCUT2D eigenvalue weighted by Gasteiger charge is -2.23. The third kappa shape index (κ3) is 8.78. The van der Waals surface area contributed by atoms with E-state index in [2.05, 4.69) is 45.8 Å². The molecule has 0 spiro atoms. The van der Waals surface area contributed by atoms with Gasteiger partial charge in [-0.3, -0.25) is 0 Å². The highest BCUT2D eigenvalue weighted by Gasteiger charge is 2.25. The number of allylic oxidation sites excluding steroid dienone is 3. The van der Waals surface area contributed by atoms with Crippen LogP contribution in [0.15, 0.2) is 42.6 Å². The monoisotopic (exact) mass is 559 g/mol. The van der Waals surface area contributed by atoms with Gasteiger partial charge in [-0.2, -0.15) is 4.98 Å². The normalized spacial score (nSPS) is 17.2. The number of aromatic nitrogens is 2. The van der Waals surface area contributed by atoms with E-state index in [4.69, 9.17) is 16.3 Å². The summed E-state index contributed by atoms with van der Waals surface area (Å²) in [6.07, 6.45) is 17.4. The summed E-state index contributed by atoms with van der Waals surface area (Å²) in [7, 11) is -0.611. The SMILES string of the molecule is CCCCCCCNc1cc(OC)c(Nc2ncc(Cl)c(NC3C=CC=CC(P(C)(C)=O)C3)n2)cc1CC. The molecule has 1 aromatic carbocycles. The van der Waals surface area contributed by atoms with Crippen molar-refractivity contribution in [1.82, 2.24) is 9.97 Å². The van der Waals surface area contributed by atoms with Crippen LogP contribution in [0.2, 0.25) is 5.02 Å². The van der Waals surface area contributed by atoms with Crippen LogP contribution < -0.4 is 20.7 Å². The van der Waals surface area contributed by atoms with Gasteiger partial charge in [0.05, 0.1) is 26.1 Å². The number of nitrogens with one attached hydrogen (secondary N) is 3. The predicted molar refractivity (Wildman–Crippen MR) is 163 cm³/mol. The second-order valence-corrected chi connectivity index (χ2v) is 14.1. The molecule has 1 aliphatic carbocycles. The largest absolute Gasteiger partial charge is 0.494 e. The third-order valence-corrected chi connectivity index (χ3v) is 9.05. The minimum atomic E-state index is -2.28. The fraction of sp³-hybridized carbons (Fsp3) is 0.517. The summed E-state index contributed by atoms with van der Waals surface area (Å²) in [6.45, 7) is 8.98. The molecule has 3 rings (SSSR count). The van der Waals surface area contributed by atoms with Crippen LogP contribution in [0.1, 0.15) is 57.9 Å². The number of rotatable bonds is 14. The number of ether oxygens (including phenoxy) is 1. The molecule has 2 atom stereocenters. The Hall–Kier alpha value is -2.50. The Morgan fingerprint density at radius 1 is 1.08 bits per heavy atom. The average Bonchev–Trinajstić information content (AvgIpc) is 3.14. The van der Waals surface area contributed by atoms with Gasteiger partial charge < -0.3 is 25.3 Å². The molecule has 1 heterocycles. The van der Waals surface area contributed by atoms with Crippen LogP contribution >= 0.6 is 18.7 Å². The van der Waals surface area contributed by atoms with Crippen molar-refractivity contribution in [3.63, 3.8) is 0 Å². The molecule has 0 radical (unpaired) electrons. The Morgan fingerprint density at radius 2 is 1.84 bits per heavy atom. The average molecular weight is 560 g/mol. The maximum atomic E-state index is 12.7. The molecular weight excluding hydrogens is 517 g/mol. The van der Waals surface area contributed by atoms with E-state index in [1.54, 1.807) is 13.3 Å². The van der Waals surface area contributed by atoms with E-state index in [0.29, 0.717) is 29.0 Å². The first-order valence-corrected chi connectivity index (χ1v) is 16.7. The van der Waals surface area contributed by atoms with Gasteiger partial charge in [0, 0.05) is 30.0 Å². The van der Waals surface area contributed by atoms with Gasteiger partial charge in [-0.1, -0.05) is 75.4 Å². The molecule has 208 valence electrons. The van der Waals surface area contributed by atoms with Crippen molar-refractivity contribution in [3.05, 3.63) is 53.2 Å². The number of hydrogen-bond acceptors (Lipinski definition) is 7. The fourth-order valence-corrected chi connectivity index (χ4v) is 5.90. The lowest BCUT2D eigenvalue weighted by molar-refractivity contribution is 0.417. The van der Waals surface area contributed by atoms with Crippen molar-refractivity contribution in [3.8, 4) is 5.75 Å². The quantitative estimate of drug-likeness (QED) is 0.159. The molecule has 0 fully saturated rings. The zero-order valence-corrected chi connectivity index (χ0v) is 25.0.